The number of piperazine rings is 1. The van der Waals surface area contributed by atoms with E-state index in [1.165, 1.54) is 12.1 Å². The molecule has 10 nitrogen and oxygen atoms in total. The van der Waals surface area contributed by atoms with Crippen molar-refractivity contribution in [3.05, 3.63) is 71.0 Å². The van der Waals surface area contributed by atoms with E-state index >= 15 is 0 Å². The number of aromatic nitrogens is 4. The van der Waals surface area contributed by atoms with Crippen molar-refractivity contribution >= 4 is 22.9 Å². The summed E-state index contributed by atoms with van der Waals surface area (Å²) in [5.41, 5.74) is 6.15. The lowest BCUT2D eigenvalue weighted by molar-refractivity contribution is 0.0973. The van der Waals surface area contributed by atoms with Crippen LogP contribution in [0.4, 0.5) is 20.5 Å². The van der Waals surface area contributed by atoms with Crippen LogP contribution in [0, 0.1) is 6.92 Å². The van der Waals surface area contributed by atoms with E-state index in [1.807, 2.05) is 43.3 Å². The van der Waals surface area contributed by atoms with Crippen molar-refractivity contribution in [1.82, 2.24) is 24.4 Å². The van der Waals surface area contributed by atoms with Crippen molar-refractivity contribution in [1.29, 1.82) is 0 Å². The van der Waals surface area contributed by atoms with Crippen LogP contribution in [0.15, 0.2) is 48.5 Å². The van der Waals surface area contributed by atoms with Gasteiger partial charge in [0.15, 0.2) is 17.0 Å². The number of imidazole rings is 1. The monoisotopic (exact) mass is 606 g/mol. The molecule has 2 aromatic carbocycles. The van der Waals surface area contributed by atoms with Gasteiger partial charge < -0.3 is 18.9 Å². The molecule has 4 atom stereocenters. The van der Waals surface area contributed by atoms with Crippen molar-refractivity contribution < 1.29 is 18.3 Å². The van der Waals surface area contributed by atoms with Crippen molar-refractivity contribution in [3.63, 3.8) is 0 Å². The van der Waals surface area contributed by atoms with Crippen LogP contribution in [0.25, 0.3) is 11.2 Å². The molecule has 0 spiro atoms. The maximum Gasteiger partial charge on any atom is 0.263 e. The Balaban J connectivity index is 1.34. The summed E-state index contributed by atoms with van der Waals surface area (Å²) in [5.74, 6) is 8.53. The molecule has 2 aliphatic heterocycles. The largest absolute Gasteiger partial charge is 0.497 e. The number of rotatable bonds is 9. The van der Waals surface area contributed by atoms with Crippen LogP contribution in [0.3, 0.4) is 0 Å². The lowest BCUT2D eigenvalue weighted by atomic mass is 9.93. The molecule has 2 saturated heterocycles. The SMILES string of the molecule is COc1ccc(C(c2ccc(C(F)F)cc2)N2C[C@H](C)N(c3nc(NN)nc4c3nc(C)n4C[C@@H]3CCCO3)C[C@H]2C)cc1. The number of nitrogens with zero attached hydrogens (tertiary/aromatic N) is 6. The van der Waals surface area contributed by atoms with E-state index in [9.17, 15) is 8.78 Å². The Morgan fingerprint density at radius 2 is 1.66 bits per heavy atom. The van der Waals surface area contributed by atoms with E-state index in [0.717, 1.165) is 59.1 Å². The van der Waals surface area contributed by atoms with Crippen LogP contribution in [-0.4, -0.2) is 69.4 Å². The predicted molar refractivity (Wildman–Crippen MR) is 166 cm³/mol. The average Bonchev–Trinajstić information content (AvgIpc) is 3.66. The number of fused-ring (bicyclic) bond motifs is 1. The lowest BCUT2D eigenvalue weighted by Crippen LogP contribution is -2.57. The molecular formula is C32H40F2N8O2. The zero-order valence-corrected chi connectivity index (χ0v) is 25.6. The highest BCUT2D eigenvalue weighted by atomic mass is 19.3. The van der Waals surface area contributed by atoms with Crippen LogP contribution in [0.5, 0.6) is 5.75 Å². The minimum absolute atomic E-state index is 0.0137. The van der Waals surface area contributed by atoms with Crippen LogP contribution in [0.2, 0.25) is 0 Å². The van der Waals surface area contributed by atoms with Gasteiger partial charge in [0.1, 0.15) is 11.6 Å². The van der Waals surface area contributed by atoms with Gasteiger partial charge in [-0.05, 0) is 56.9 Å². The van der Waals surface area contributed by atoms with E-state index in [1.54, 1.807) is 7.11 Å². The number of nitrogens with two attached hydrogens (primary N) is 1. The third kappa shape index (κ3) is 5.81. The summed E-state index contributed by atoms with van der Waals surface area (Å²) < 4.78 is 40.2. The Bertz CT molecular complexity index is 1570. The van der Waals surface area contributed by atoms with Crippen LogP contribution >= 0.6 is 0 Å². The molecule has 4 aromatic rings. The Kier molecular flexibility index (Phi) is 8.66. The Morgan fingerprint density at radius 1 is 0.977 bits per heavy atom. The predicted octanol–water partition coefficient (Wildman–Crippen LogP) is 5.23. The number of ether oxygens (including phenoxy) is 2. The van der Waals surface area contributed by atoms with Gasteiger partial charge in [-0.25, -0.2) is 19.6 Å². The second-order valence-electron chi connectivity index (χ2n) is 11.8. The molecule has 0 amide bonds. The Labute approximate surface area is 256 Å². The first-order chi connectivity index (χ1) is 21.3. The first-order valence-corrected chi connectivity index (χ1v) is 15.1. The third-order valence-corrected chi connectivity index (χ3v) is 8.88. The van der Waals surface area contributed by atoms with Crippen molar-refractivity contribution in [2.45, 2.75) is 70.8 Å². The van der Waals surface area contributed by atoms with Gasteiger partial charge in [-0.15, -0.1) is 0 Å². The first-order valence-electron chi connectivity index (χ1n) is 15.1. The first kappa shape index (κ1) is 30.2. The quantitative estimate of drug-likeness (QED) is 0.196. The molecule has 0 bridgehead atoms. The van der Waals surface area contributed by atoms with Crippen LogP contribution in [-0.2, 0) is 11.3 Å². The van der Waals surface area contributed by atoms with Gasteiger partial charge in [0.05, 0.1) is 25.8 Å². The summed E-state index contributed by atoms with van der Waals surface area (Å²) in [4.78, 5) is 19.2. The summed E-state index contributed by atoms with van der Waals surface area (Å²) in [6.45, 7) is 9.15. The van der Waals surface area contributed by atoms with Gasteiger partial charge in [0.25, 0.3) is 6.43 Å². The standard InChI is InChI=1S/C32H40F2N8O2/c1-19-17-41(30-27-31(38-32(37-30)39-35)42(21(3)36-27)18-26-6-5-15-44-26)20(2)16-40(19)28(23-11-13-25(43-4)14-12-23)22-7-9-24(10-8-22)29(33)34/h7-14,19-20,26,28-29H,5-6,15-18,35H2,1-4H3,(H,37,38,39)/t19-,20+,26+,28?/m1/s1. The van der Waals surface area contributed by atoms with Gasteiger partial charge in [-0.1, -0.05) is 36.4 Å². The highest BCUT2D eigenvalue weighted by Crippen LogP contribution is 2.37. The molecule has 6 rings (SSSR count). The summed E-state index contributed by atoms with van der Waals surface area (Å²) in [6.07, 6.45) is -0.317. The molecule has 44 heavy (non-hydrogen) atoms. The van der Waals surface area contributed by atoms with Crippen LogP contribution < -0.4 is 20.9 Å². The van der Waals surface area contributed by atoms with Gasteiger partial charge in [-0.2, -0.15) is 9.97 Å². The fraction of sp³-hybridized carbons (Fsp3) is 0.469. The summed E-state index contributed by atoms with van der Waals surface area (Å²) >= 11 is 0. The molecule has 2 aliphatic rings. The number of hydrogen-bond acceptors (Lipinski definition) is 9. The molecule has 2 aromatic heterocycles. The van der Waals surface area contributed by atoms with Crippen molar-refractivity contribution in [3.8, 4) is 5.75 Å². The fourth-order valence-corrected chi connectivity index (χ4v) is 6.56. The zero-order valence-electron chi connectivity index (χ0n) is 25.6. The molecule has 0 saturated carbocycles. The van der Waals surface area contributed by atoms with Gasteiger partial charge >= 0.3 is 0 Å². The number of anilines is 2. The minimum Gasteiger partial charge on any atom is -0.497 e. The highest BCUT2D eigenvalue weighted by molar-refractivity contribution is 5.85. The number of hydrogen-bond donors (Lipinski definition) is 2. The molecule has 1 unspecified atom stereocenters. The number of methoxy groups -OCH3 is 1. The highest BCUT2D eigenvalue weighted by Gasteiger charge is 2.37. The van der Waals surface area contributed by atoms with E-state index in [2.05, 4.69) is 33.6 Å². The van der Waals surface area contributed by atoms with E-state index in [4.69, 9.17) is 30.3 Å². The maximum atomic E-state index is 13.4. The minimum atomic E-state index is -2.51. The number of nitrogen functional groups attached to an aromatic ring is 1. The van der Waals surface area contributed by atoms with Crippen molar-refractivity contribution in [2.75, 3.05) is 37.1 Å². The smallest absolute Gasteiger partial charge is 0.263 e. The molecular weight excluding hydrogens is 566 g/mol. The number of aryl methyl sites for hydroxylation is 1. The Hall–Kier alpha value is -3.87. The van der Waals surface area contributed by atoms with Crippen LogP contribution in [0.1, 0.15) is 61.7 Å². The molecule has 234 valence electrons. The number of nitrogens with one attached hydrogen (secondary N) is 1. The summed E-state index contributed by atoms with van der Waals surface area (Å²) in [6, 6.07) is 14.6. The lowest BCUT2D eigenvalue weighted by Gasteiger charge is -2.48. The molecule has 4 heterocycles. The van der Waals surface area contributed by atoms with Gasteiger partial charge in [-0.3, -0.25) is 10.3 Å². The van der Waals surface area contributed by atoms with E-state index in [0.29, 0.717) is 25.6 Å². The topological polar surface area (TPSA) is 107 Å². The molecule has 3 N–H and O–H groups in total. The average molecular weight is 607 g/mol. The van der Waals surface area contributed by atoms with Gasteiger partial charge in [0.2, 0.25) is 5.95 Å². The Morgan fingerprint density at radius 3 is 2.27 bits per heavy atom. The van der Waals surface area contributed by atoms with Gasteiger partial charge in [0, 0.05) is 37.3 Å². The number of hydrazine groups is 1. The maximum absolute atomic E-state index is 13.4. The van der Waals surface area contributed by atoms with Crippen molar-refractivity contribution in [2.24, 2.45) is 5.84 Å². The number of benzene rings is 2. The van der Waals surface area contributed by atoms with E-state index in [-0.39, 0.29) is 29.8 Å². The number of halogens is 2. The van der Waals surface area contributed by atoms with E-state index < -0.39 is 6.43 Å². The second kappa shape index (κ2) is 12.6. The normalized spacial score (nSPS) is 21.7. The number of alkyl halides is 2. The molecule has 2 fully saturated rings. The summed E-state index contributed by atoms with van der Waals surface area (Å²) in [5, 5.41) is 0. The molecule has 0 radical (unpaired) electrons. The molecule has 0 aliphatic carbocycles. The fourth-order valence-electron chi connectivity index (χ4n) is 6.56. The third-order valence-electron chi connectivity index (χ3n) is 8.88. The summed E-state index contributed by atoms with van der Waals surface area (Å²) in [7, 11) is 1.64. The zero-order chi connectivity index (χ0) is 31.0. The molecule has 12 heteroatoms. The second-order valence-corrected chi connectivity index (χ2v) is 11.8.